The van der Waals surface area contributed by atoms with Crippen molar-refractivity contribution < 1.29 is 0 Å². The van der Waals surface area contributed by atoms with Crippen LogP contribution < -0.4 is 43.8 Å². The molecule has 0 amide bonds. The lowest BCUT2D eigenvalue weighted by Crippen LogP contribution is -2.40. The van der Waals surface area contributed by atoms with E-state index in [4.69, 9.17) is 11.5 Å². The molecular formula is C9H8N4O4. The molecule has 6 N–H and O–H groups in total. The SMILES string of the molecule is Nc1c(NCNc2c(N)c(=O)c2=O)c(=O)c1=O. The molecule has 0 aliphatic heterocycles. The second-order valence-corrected chi connectivity index (χ2v) is 3.42. The third-order valence-corrected chi connectivity index (χ3v) is 2.42. The molecule has 2 aromatic carbocycles. The van der Waals surface area contributed by atoms with E-state index in [0.29, 0.717) is 0 Å². The first-order valence-corrected chi connectivity index (χ1v) is 4.60. The van der Waals surface area contributed by atoms with Crippen LogP contribution in [0.4, 0.5) is 22.7 Å². The summed E-state index contributed by atoms with van der Waals surface area (Å²) in [6, 6.07) is 0. The Labute approximate surface area is 93.2 Å². The number of rotatable bonds is 4. The monoisotopic (exact) mass is 236 g/mol. The van der Waals surface area contributed by atoms with Gasteiger partial charge in [0.15, 0.2) is 0 Å². The topological polar surface area (TPSA) is 144 Å². The van der Waals surface area contributed by atoms with Crippen LogP contribution in [0.25, 0.3) is 0 Å². The lowest BCUT2D eigenvalue weighted by molar-refractivity contribution is 1.17. The number of hydrogen-bond donors (Lipinski definition) is 4. The van der Waals surface area contributed by atoms with Gasteiger partial charge in [-0.1, -0.05) is 0 Å². The molecule has 0 radical (unpaired) electrons. The van der Waals surface area contributed by atoms with Crippen LogP contribution in [0, 0.1) is 0 Å². The van der Waals surface area contributed by atoms with Crippen molar-refractivity contribution in [1.82, 2.24) is 0 Å². The Morgan fingerprint density at radius 3 is 1.35 bits per heavy atom. The van der Waals surface area contributed by atoms with E-state index in [1.54, 1.807) is 0 Å². The van der Waals surface area contributed by atoms with Gasteiger partial charge in [0.1, 0.15) is 22.7 Å². The van der Waals surface area contributed by atoms with Gasteiger partial charge in [-0.25, -0.2) is 0 Å². The summed E-state index contributed by atoms with van der Waals surface area (Å²) >= 11 is 0. The number of anilines is 4. The van der Waals surface area contributed by atoms with Gasteiger partial charge in [-0.05, 0) is 0 Å². The lowest BCUT2D eigenvalue weighted by atomic mass is 10.2. The molecule has 0 saturated heterocycles. The van der Waals surface area contributed by atoms with Gasteiger partial charge in [0.2, 0.25) is 0 Å². The summed E-state index contributed by atoms with van der Waals surface area (Å²) in [6.45, 7) is -0.0376. The van der Waals surface area contributed by atoms with Crippen LogP contribution >= 0.6 is 0 Å². The number of hydrogen-bond acceptors (Lipinski definition) is 8. The van der Waals surface area contributed by atoms with Gasteiger partial charge in [-0.15, -0.1) is 0 Å². The van der Waals surface area contributed by atoms with E-state index in [0.717, 1.165) is 0 Å². The van der Waals surface area contributed by atoms with Crippen LogP contribution in [0.15, 0.2) is 19.2 Å². The minimum Gasteiger partial charge on any atom is -0.394 e. The molecule has 0 heterocycles. The molecule has 0 aromatic heterocycles. The van der Waals surface area contributed by atoms with E-state index >= 15 is 0 Å². The van der Waals surface area contributed by atoms with Crippen LogP contribution in [0.5, 0.6) is 0 Å². The second-order valence-electron chi connectivity index (χ2n) is 3.42. The third kappa shape index (κ3) is 1.38. The zero-order valence-corrected chi connectivity index (χ0v) is 8.49. The average molecular weight is 236 g/mol. The Morgan fingerprint density at radius 2 is 1.06 bits per heavy atom. The zero-order valence-electron chi connectivity index (χ0n) is 8.49. The van der Waals surface area contributed by atoms with Gasteiger partial charge in [0.25, 0.3) is 21.7 Å². The zero-order chi connectivity index (χ0) is 12.7. The van der Waals surface area contributed by atoms with Gasteiger partial charge in [0.05, 0.1) is 6.67 Å². The fourth-order valence-corrected chi connectivity index (χ4v) is 1.39. The van der Waals surface area contributed by atoms with Crippen molar-refractivity contribution in [2.75, 3.05) is 28.8 Å². The molecule has 8 nitrogen and oxygen atoms in total. The Bertz CT molecular complexity index is 668. The Kier molecular flexibility index (Phi) is 2.20. The molecule has 0 atom stereocenters. The minimum atomic E-state index is -0.735. The van der Waals surface area contributed by atoms with E-state index in [-0.39, 0.29) is 29.4 Å². The van der Waals surface area contributed by atoms with Crippen LogP contribution in [-0.4, -0.2) is 6.67 Å². The van der Waals surface area contributed by atoms with Gasteiger partial charge >= 0.3 is 0 Å². The van der Waals surface area contributed by atoms with E-state index in [1.807, 2.05) is 0 Å². The van der Waals surface area contributed by atoms with Crippen LogP contribution in [-0.2, 0) is 0 Å². The summed E-state index contributed by atoms with van der Waals surface area (Å²) in [4.78, 5) is 43.5. The van der Waals surface area contributed by atoms with Gasteiger partial charge in [-0.2, -0.15) is 0 Å². The summed E-state index contributed by atoms with van der Waals surface area (Å²) in [6.07, 6.45) is 0. The molecule has 8 heteroatoms. The largest absolute Gasteiger partial charge is 0.394 e. The van der Waals surface area contributed by atoms with Crippen LogP contribution in [0.2, 0.25) is 0 Å². The molecule has 0 fully saturated rings. The molecule has 0 saturated carbocycles. The average Bonchev–Trinajstić information content (AvgIpc) is 2.36. The van der Waals surface area contributed by atoms with Gasteiger partial charge in [-0.3, -0.25) is 19.2 Å². The first-order chi connectivity index (χ1) is 7.95. The highest BCUT2D eigenvalue weighted by atomic mass is 16.2. The summed E-state index contributed by atoms with van der Waals surface area (Å²) in [5, 5.41) is 5.05. The quantitative estimate of drug-likeness (QED) is 0.337. The predicted molar refractivity (Wildman–Crippen MR) is 63.6 cm³/mol. The first kappa shape index (κ1) is 10.9. The molecule has 0 unspecified atom stereocenters. The minimum absolute atomic E-state index is 0.000213. The van der Waals surface area contributed by atoms with Crippen molar-refractivity contribution in [2.45, 2.75) is 0 Å². The summed E-state index contributed by atoms with van der Waals surface area (Å²) in [5.74, 6) is 0. The van der Waals surface area contributed by atoms with Crippen molar-refractivity contribution in [3.05, 3.63) is 40.9 Å². The lowest BCUT2D eigenvalue weighted by Gasteiger charge is -2.13. The highest BCUT2D eigenvalue weighted by Gasteiger charge is 2.19. The van der Waals surface area contributed by atoms with Crippen molar-refractivity contribution >= 4 is 22.7 Å². The van der Waals surface area contributed by atoms with Gasteiger partial charge < -0.3 is 22.1 Å². The Balaban J connectivity index is 1.99. The maximum Gasteiger partial charge on any atom is 0.253 e. The summed E-state index contributed by atoms with van der Waals surface area (Å²) in [5.41, 5.74) is 7.35. The van der Waals surface area contributed by atoms with Crippen molar-refractivity contribution in [2.24, 2.45) is 0 Å². The standard InChI is InChI=1S/C9H8N4O4/c10-2-4(8(16)6(2)14)12-1-13-5-3(11)7(15)9(5)17/h12-13H,1,10-11H2. The van der Waals surface area contributed by atoms with E-state index in [2.05, 4.69) is 10.6 Å². The number of nitrogens with one attached hydrogen (secondary N) is 2. The molecule has 17 heavy (non-hydrogen) atoms. The van der Waals surface area contributed by atoms with Crippen molar-refractivity contribution in [3.8, 4) is 0 Å². The smallest absolute Gasteiger partial charge is 0.253 e. The molecular weight excluding hydrogens is 228 g/mol. The third-order valence-electron chi connectivity index (χ3n) is 2.42. The summed E-state index contributed by atoms with van der Waals surface area (Å²) in [7, 11) is 0. The molecule has 2 aromatic rings. The van der Waals surface area contributed by atoms with E-state index < -0.39 is 21.7 Å². The number of nitrogens with two attached hydrogens (primary N) is 2. The highest BCUT2D eigenvalue weighted by Crippen LogP contribution is 2.11. The maximum absolute atomic E-state index is 11.0. The molecule has 0 aliphatic carbocycles. The predicted octanol–water partition coefficient (Wildman–Crippen LogP) is -2.48. The van der Waals surface area contributed by atoms with E-state index in [9.17, 15) is 19.2 Å². The Morgan fingerprint density at radius 1 is 0.706 bits per heavy atom. The van der Waals surface area contributed by atoms with Crippen molar-refractivity contribution in [3.63, 3.8) is 0 Å². The molecule has 2 rings (SSSR count). The molecule has 88 valence electrons. The normalized spacial score (nSPS) is 10.8. The molecule has 0 bridgehead atoms. The van der Waals surface area contributed by atoms with Crippen molar-refractivity contribution in [1.29, 1.82) is 0 Å². The van der Waals surface area contributed by atoms with E-state index in [1.165, 1.54) is 0 Å². The fraction of sp³-hybridized carbons (Fsp3) is 0.111. The number of nitrogen functional groups attached to an aromatic ring is 2. The van der Waals surface area contributed by atoms with Crippen LogP contribution in [0.1, 0.15) is 0 Å². The van der Waals surface area contributed by atoms with Crippen LogP contribution in [0.3, 0.4) is 0 Å². The maximum atomic E-state index is 11.0. The molecule has 0 spiro atoms. The first-order valence-electron chi connectivity index (χ1n) is 4.60. The summed E-state index contributed by atoms with van der Waals surface area (Å²) < 4.78 is 0. The Hall–Kier alpha value is -2.64. The fourth-order valence-electron chi connectivity index (χ4n) is 1.39. The highest BCUT2D eigenvalue weighted by molar-refractivity contribution is 5.73. The second kappa shape index (κ2) is 3.44. The molecule has 0 aliphatic rings. The van der Waals surface area contributed by atoms with Gasteiger partial charge in [0, 0.05) is 0 Å².